The van der Waals surface area contributed by atoms with Gasteiger partial charge in [0.15, 0.2) is 0 Å². The summed E-state index contributed by atoms with van der Waals surface area (Å²) < 4.78 is 28.8. The Kier molecular flexibility index (Phi) is 3.91. The second-order valence-electron chi connectivity index (χ2n) is 2.25. The van der Waals surface area contributed by atoms with Gasteiger partial charge in [0.05, 0.1) is 5.75 Å². The van der Waals surface area contributed by atoms with Crippen LogP contribution >= 0.6 is 0 Å². The zero-order chi connectivity index (χ0) is 9.78. The fraction of sp³-hybridized carbons (Fsp3) is 0.500. The molecule has 0 aliphatic carbocycles. The molecule has 0 radical (unpaired) electrons. The average molecular weight is 193 g/mol. The highest BCUT2D eigenvalue weighted by Gasteiger charge is 2.09. The van der Waals surface area contributed by atoms with E-state index < -0.39 is 15.9 Å². The van der Waals surface area contributed by atoms with Crippen molar-refractivity contribution in [2.45, 2.75) is 0 Å². The Morgan fingerprint density at radius 3 is 2.50 bits per heavy atom. The van der Waals surface area contributed by atoms with Gasteiger partial charge in [-0.3, -0.25) is 9.35 Å². The maximum atomic E-state index is 10.8. The lowest BCUT2D eigenvalue weighted by Gasteiger charge is -2.12. The molecule has 0 atom stereocenters. The Balaban J connectivity index is 3.96. The van der Waals surface area contributed by atoms with Crippen molar-refractivity contribution in [2.75, 3.05) is 19.3 Å². The summed E-state index contributed by atoms with van der Waals surface area (Å²) in [6.07, 6.45) is 1.07. The fourth-order valence-electron chi connectivity index (χ4n) is 0.518. The van der Waals surface area contributed by atoms with Crippen LogP contribution in [0.15, 0.2) is 12.7 Å². The van der Waals surface area contributed by atoms with Gasteiger partial charge >= 0.3 is 0 Å². The van der Waals surface area contributed by atoms with Gasteiger partial charge < -0.3 is 4.90 Å². The Labute approximate surface area is 71.4 Å². The Morgan fingerprint density at radius 1 is 1.67 bits per heavy atom. The molecule has 0 bridgehead atoms. The van der Waals surface area contributed by atoms with Gasteiger partial charge in [-0.2, -0.15) is 8.42 Å². The molecule has 5 nitrogen and oxygen atoms in total. The van der Waals surface area contributed by atoms with Gasteiger partial charge in [0.2, 0.25) is 5.91 Å². The van der Waals surface area contributed by atoms with Crippen molar-refractivity contribution in [3.63, 3.8) is 0 Å². The maximum Gasteiger partial charge on any atom is 0.266 e. The lowest BCUT2D eigenvalue weighted by Crippen LogP contribution is -2.29. The predicted molar refractivity (Wildman–Crippen MR) is 44.2 cm³/mol. The molecule has 0 fully saturated rings. The highest BCUT2D eigenvalue weighted by Crippen LogP contribution is 1.88. The van der Waals surface area contributed by atoms with Gasteiger partial charge in [-0.15, -0.1) is 0 Å². The molecule has 0 aliphatic rings. The third-order valence-corrected chi connectivity index (χ3v) is 1.93. The summed E-state index contributed by atoms with van der Waals surface area (Å²) in [7, 11) is -2.56. The van der Waals surface area contributed by atoms with Gasteiger partial charge in [-0.25, -0.2) is 0 Å². The van der Waals surface area contributed by atoms with Crippen LogP contribution in [0.1, 0.15) is 0 Å². The second kappa shape index (κ2) is 4.22. The molecule has 0 heterocycles. The fourth-order valence-corrected chi connectivity index (χ4v) is 1.02. The minimum atomic E-state index is -3.99. The number of amides is 1. The molecule has 0 aromatic carbocycles. The number of carbonyl (C=O) groups excluding carboxylic acids is 1. The molecule has 0 spiro atoms. The molecule has 0 aliphatic heterocycles. The summed E-state index contributed by atoms with van der Waals surface area (Å²) in [5, 5.41) is 0. The van der Waals surface area contributed by atoms with E-state index in [4.69, 9.17) is 4.55 Å². The Morgan fingerprint density at radius 2 is 2.17 bits per heavy atom. The van der Waals surface area contributed by atoms with Gasteiger partial charge in [0.25, 0.3) is 10.1 Å². The first-order chi connectivity index (χ1) is 5.37. The molecule has 1 amide bonds. The maximum absolute atomic E-state index is 10.8. The lowest BCUT2D eigenvalue weighted by atomic mass is 10.5. The molecular formula is C6H11NO4S. The highest BCUT2D eigenvalue weighted by molar-refractivity contribution is 7.85. The van der Waals surface area contributed by atoms with E-state index in [1.807, 2.05) is 0 Å². The van der Waals surface area contributed by atoms with Crippen LogP contribution in [0.25, 0.3) is 0 Å². The largest absolute Gasteiger partial charge is 0.341 e. The first-order valence-corrected chi connectivity index (χ1v) is 4.80. The van der Waals surface area contributed by atoms with E-state index >= 15 is 0 Å². The normalized spacial score (nSPS) is 10.8. The van der Waals surface area contributed by atoms with Gasteiger partial charge in [-0.1, -0.05) is 6.58 Å². The molecule has 0 saturated heterocycles. The molecule has 0 rings (SSSR count). The van der Waals surface area contributed by atoms with Crippen molar-refractivity contribution >= 4 is 16.0 Å². The van der Waals surface area contributed by atoms with Crippen LogP contribution in [0.3, 0.4) is 0 Å². The van der Waals surface area contributed by atoms with E-state index in [-0.39, 0.29) is 12.5 Å². The van der Waals surface area contributed by atoms with Crippen molar-refractivity contribution in [2.24, 2.45) is 0 Å². The average Bonchev–Trinajstić information content (AvgIpc) is 1.97. The summed E-state index contributed by atoms with van der Waals surface area (Å²) in [5.74, 6) is -0.832. The molecule has 0 saturated carbocycles. The van der Waals surface area contributed by atoms with E-state index in [1.165, 1.54) is 7.05 Å². The van der Waals surface area contributed by atoms with Crippen LogP contribution < -0.4 is 0 Å². The lowest BCUT2D eigenvalue weighted by molar-refractivity contribution is -0.124. The topological polar surface area (TPSA) is 74.7 Å². The molecule has 0 aromatic heterocycles. The second-order valence-corrected chi connectivity index (χ2v) is 3.82. The highest BCUT2D eigenvalue weighted by atomic mass is 32.2. The number of hydrogen-bond donors (Lipinski definition) is 1. The van der Waals surface area contributed by atoms with Gasteiger partial charge in [0, 0.05) is 13.6 Å². The van der Waals surface area contributed by atoms with Crippen molar-refractivity contribution in [3.8, 4) is 0 Å². The summed E-state index contributed by atoms with van der Waals surface area (Å²) in [4.78, 5) is 11.9. The SMILES string of the molecule is C=CC(=O)N(C)CCS(=O)(=O)O. The van der Waals surface area contributed by atoms with Crippen LogP contribution in [0.4, 0.5) is 0 Å². The van der Waals surface area contributed by atoms with Gasteiger partial charge in [-0.05, 0) is 6.08 Å². The number of rotatable bonds is 4. The van der Waals surface area contributed by atoms with Crippen molar-refractivity contribution in [1.29, 1.82) is 0 Å². The summed E-state index contributed by atoms with van der Waals surface area (Å²) in [6.45, 7) is 3.18. The van der Waals surface area contributed by atoms with E-state index in [1.54, 1.807) is 0 Å². The monoisotopic (exact) mass is 193 g/mol. The zero-order valence-corrected chi connectivity index (χ0v) is 7.54. The molecule has 6 heteroatoms. The first-order valence-electron chi connectivity index (χ1n) is 3.19. The minimum Gasteiger partial charge on any atom is -0.341 e. The summed E-state index contributed by atoms with van der Waals surface area (Å²) >= 11 is 0. The number of carbonyl (C=O) groups is 1. The smallest absolute Gasteiger partial charge is 0.266 e. The molecule has 0 unspecified atom stereocenters. The van der Waals surface area contributed by atoms with E-state index in [9.17, 15) is 13.2 Å². The third kappa shape index (κ3) is 4.86. The Bertz CT molecular complexity index is 269. The van der Waals surface area contributed by atoms with Crippen molar-refractivity contribution in [3.05, 3.63) is 12.7 Å². The van der Waals surface area contributed by atoms with Gasteiger partial charge in [0.1, 0.15) is 0 Å². The number of likely N-dealkylation sites (N-methyl/N-ethyl adjacent to an activating group) is 1. The van der Waals surface area contributed by atoms with E-state index in [0.29, 0.717) is 0 Å². The van der Waals surface area contributed by atoms with Crippen LogP contribution in [0, 0.1) is 0 Å². The van der Waals surface area contributed by atoms with Crippen LogP contribution in [0.5, 0.6) is 0 Å². The third-order valence-electron chi connectivity index (χ3n) is 1.24. The molecule has 12 heavy (non-hydrogen) atoms. The molecule has 0 aromatic rings. The number of hydrogen-bond acceptors (Lipinski definition) is 3. The number of nitrogens with zero attached hydrogens (tertiary/aromatic N) is 1. The quantitative estimate of drug-likeness (QED) is 0.483. The Hall–Kier alpha value is -0.880. The minimum absolute atomic E-state index is 0.0380. The standard InChI is InChI=1S/C6H11NO4S/c1-3-6(8)7(2)4-5-12(9,10)11/h3H,1,4-5H2,2H3,(H,9,10,11). The summed E-state index contributed by atoms with van der Waals surface area (Å²) in [5.41, 5.74) is 0. The van der Waals surface area contributed by atoms with Crippen molar-refractivity contribution in [1.82, 2.24) is 4.90 Å². The van der Waals surface area contributed by atoms with Crippen LogP contribution in [0.2, 0.25) is 0 Å². The molecule has 70 valence electrons. The van der Waals surface area contributed by atoms with Crippen molar-refractivity contribution < 1.29 is 17.8 Å². The first kappa shape index (κ1) is 11.1. The molecule has 1 N–H and O–H groups in total. The van der Waals surface area contributed by atoms with Crippen LogP contribution in [-0.2, 0) is 14.9 Å². The van der Waals surface area contributed by atoms with Crippen LogP contribution in [-0.4, -0.2) is 43.1 Å². The predicted octanol–water partition coefficient (Wildman–Crippen LogP) is -0.481. The molecular weight excluding hydrogens is 182 g/mol. The summed E-state index contributed by atoms with van der Waals surface area (Å²) in [6, 6.07) is 0. The van der Waals surface area contributed by atoms with E-state index in [2.05, 4.69) is 6.58 Å². The zero-order valence-electron chi connectivity index (χ0n) is 6.73. The van der Waals surface area contributed by atoms with E-state index in [0.717, 1.165) is 11.0 Å².